The van der Waals surface area contributed by atoms with Gasteiger partial charge in [0.05, 0.1) is 5.69 Å². The number of rotatable bonds is 6. The maximum Gasteiger partial charge on any atom is 0.0596 e. The van der Waals surface area contributed by atoms with Gasteiger partial charge in [0.15, 0.2) is 0 Å². The zero-order valence-corrected chi connectivity index (χ0v) is 14.0. The normalized spacial score (nSPS) is 12.8. The molecule has 20 heavy (non-hydrogen) atoms. The summed E-state index contributed by atoms with van der Waals surface area (Å²) < 4.78 is 2.12. The molecule has 0 amide bonds. The molecule has 0 aliphatic heterocycles. The van der Waals surface area contributed by atoms with Gasteiger partial charge in [-0.15, -0.1) is 11.3 Å². The number of nitrogens with zero attached hydrogens (tertiary/aromatic N) is 2. The van der Waals surface area contributed by atoms with E-state index in [0.717, 1.165) is 25.2 Å². The van der Waals surface area contributed by atoms with Crippen LogP contribution in [0.3, 0.4) is 0 Å². The lowest BCUT2D eigenvalue weighted by molar-refractivity contribution is 0.522. The van der Waals surface area contributed by atoms with Crippen molar-refractivity contribution in [1.82, 2.24) is 15.1 Å². The summed E-state index contributed by atoms with van der Waals surface area (Å²) in [7, 11) is 0. The van der Waals surface area contributed by atoms with Gasteiger partial charge in [-0.25, -0.2) is 0 Å². The number of thiophene rings is 1. The molecule has 0 aliphatic carbocycles. The van der Waals surface area contributed by atoms with E-state index >= 15 is 0 Å². The molecule has 1 N–H and O–H groups in total. The van der Waals surface area contributed by atoms with Gasteiger partial charge in [0.2, 0.25) is 0 Å². The fourth-order valence-corrected chi connectivity index (χ4v) is 3.66. The highest BCUT2D eigenvalue weighted by molar-refractivity contribution is 7.12. The van der Waals surface area contributed by atoms with Gasteiger partial charge in [-0.3, -0.25) is 4.68 Å². The molecule has 1 unspecified atom stereocenters. The Morgan fingerprint density at radius 2 is 2.00 bits per heavy atom. The van der Waals surface area contributed by atoms with Crippen LogP contribution in [0.25, 0.3) is 0 Å². The van der Waals surface area contributed by atoms with E-state index in [1.807, 2.05) is 11.3 Å². The van der Waals surface area contributed by atoms with Crippen LogP contribution in [0.1, 0.15) is 46.6 Å². The van der Waals surface area contributed by atoms with E-state index in [-0.39, 0.29) is 0 Å². The van der Waals surface area contributed by atoms with Crippen LogP contribution in [0.5, 0.6) is 0 Å². The van der Waals surface area contributed by atoms with Gasteiger partial charge in [0, 0.05) is 34.5 Å². The van der Waals surface area contributed by atoms with Crippen molar-refractivity contribution in [2.45, 2.75) is 53.6 Å². The van der Waals surface area contributed by atoms with E-state index in [4.69, 9.17) is 0 Å². The second kappa shape index (κ2) is 6.55. The zero-order chi connectivity index (χ0) is 14.7. The summed E-state index contributed by atoms with van der Waals surface area (Å²) >= 11 is 1.91. The molecule has 0 spiro atoms. The first-order chi connectivity index (χ1) is 9.55. The Hall–Kier alpha value is -1.13. The lowest BCUT2D eigenvalue weighted by atomic mass is 10.1. The quantitative estimate of drug-likeness (QED) is 0.877. The van der Waals surface area contributed by atoms with E-state index in [9.17, 15) is 0 Å². The standard InChI is InChI=1S/C16H25N3S/c1-6-17-15(16-8-11(3)13(5)20-16)10-14-9-12(4)18-19(14)7-2/h8-9,15,17H,6-7,10H2,1-5H3. The molecule has 1 atom stereocenters. The van der Waals surface area contributed by atoms with Gasteiger partial charge in [-0.05, 0) is 51.9 Å². The highest BCUT2D eigenvalue weighted by atomic mass is 32.1. The smallest absolute Gasteiger partial charge is 0.0596 e. The molecule has 2 aromatic rings. The molecule has 0 radical (unpaired) electrons. The third kappa shape index (κ3) is 3.30. The van der Waals surface area contributed by atoms with Crippen LogP contribution >= 0.6 is 11.3 Å². The SMILES string of the molecule is CCNC(Cc1cc(C)nn1CC)c1cc(C)c(C)s1. The summed E-state index contributed by atoms with van der Waals surface area (Å²) in [6.07, 6.45) is 1.00. The highest BCUT2D eigenvalue weighted by Gasteiger charge is 2.17. The van der Waals surface area contributed by atoms with Crippen LogP contribution < -0.4 is 5.32 Å². The lowest BCUT2D eigenvalue weighted by Gasteiger charge is -2.17. The third-order valence-corrected chi connectivity index (χ3v) is 4.94. The average Bonchev–Trinajstić information content (AvgIpc) is 2.92. The first-order valence-electron chi connectivity index (χ1n) is 7.38. The number of hydrogen-bond acceptors (Lipinski definition) is 3. The molecule has 0 saturated carbocycles. The molecule has 2 aromatic heterocycles. The van der Waals surface area contributed by atoms with Crippen molar-refractivity contribution in [3.63, 3.8) is 0 Å². The van der Waals surface area contributed by atoms with Crippen molar-refractivity contribution >= 4 is 11.3 Å². The third-order valence-electron chi connectivity index (χ3n) is 3.68. The average molecular weight is 291 g/mol. The van der Waals surface area contributed by atoms with Gasteiger partial charge in [-0.2, -0.15) is 5.10 Å². The van der Waals surface area contributed by atoms with Crippen LogP contribution in [-0.2, 0) is 13.0 Å². The number of hydrogen-bond donors (Lipinski definition) is 1. The van der Waals surface area contributed by atoms with E-state index in [2.05, 4.69) is 61.8 Å². The fourth-order valence-electron chi connectivity index (χ4n) is 2.54. The summed E-state index contributed by atoms with van der Waals surface area (Å²) in [4.78, 5) is 2.85. The van der Waals surface area contributed by atoms with Crippen LogP contribution in [0.15, 0.2) is 12.1 Å². The Labute approximate surface area is 126 Å². The van der Waals surface area contributed by atoms with Crippen molar-refractivity contribution in [3.05, 3.63) is 38.8 Å². The summed E-state index contributed by atoms with van der Waals surface area (Å²) in [5, 5.41) is 8.17. The second-order valence-corrected chi connectivity index (χ2v) is 6.58. The Bertz CT molecular complexity index is 549. The summed E-state index contributed by atoms with van der Waals surface area (Å²) in [5.74, 6) is 0. The molecule has 2 rings (SSSR count). The number of nitrogens with one attached hydrogen (secondary N) is 1. The van der Waals surface area contributed by atoms with E-state index < -0.39 is 0 Å². The van der Waals surface area contributed by atoms with Gasteiger partial charge in [0.1, 0.15) is 0 Å². The molecule has 0 fully saturated rings. The van der Waals surface area contributed by atoms with Crippen LogP contribution in [0, 0.1) is 20.8 Å². The van der Waals surface area contributed by atoms with E-state index in [0.29, 0.717) is 6.04 Å². The molecule has 4 heteroatoms. The Morgan fingerprint density at radius 3 is 2.55 bits per heavy atom. The van der Waals surface area contributed by atoms with Crippen molar-refractivity contribution in [3.8, 4) is 0 Å². The maximum atomic E-state index is 4.55. The number of aryl methyl sites for hydroxylation is 4. The van der Waals surface area contributed by atoms with E-state index in [1.54, 1.807) is 0 Å². The van der Waals surface area contributed by atoms with Crippen molar-refractivity contribution < 1.29 is 0 Å². The molecule has 0 aliphatic rings. The van der Waals surface area contributed by atoms with Gasteiger partial charge < -0.3 is 5.32 Å². The Morgan fingerprint density at radius 1 is 1.25 bits per heavy atom. The molecule has 0 bridgehead atoms. The molecule has 0 aromatic carbocycles. The predicted octanol–water partition coefficient (Wildman–Crippen LogP) is 3.78. The summed E-state index contributed by atoms with van der Waals surface area (Å²) in [5.41, 5.74) is 3.82. The first-order valence-corrected chi connectivity index (χ1v) is 8.20. The van der Waals surface area contributed by atoms with Crippen LogP contribution in [0.2, 0.25) is 0 Å². The first kappa shape index (κ1) is 15.3. The lowest BCUT2D eigenvalue weighted by Crippen LogP contribution is -2.23. The minimum atomic E-state index is 0.388. The molecule has 2 heterocycles. The molecular weight excluding hydrogens is 266 g/mol. The van der Waals surface area contributed by atoms with Crippen molar-refractivity contribution in [2.24, 2.45) is 0 Å². The Balaban J connectivity index is 2.24. The predicted molar refractivity (Wildman–Crippen MR) is 86.6 cm³/mol. The van der Waals surface area contributed by atoms with Gasteiger partial charge in [0.25, 0.3) is 0 Å². The molecule has 110 valence electrons. The highest BCUT2D eigenvalue weighted by Crippen LogP contribution is 2.28. The monoisotopic (exact) mass is 291 g/mol. The van der Waals surface area contributed by atoms with Gasteiger partial charge >= 0.3 is 0 Å². The van der Waals surface area contributed by atoms with Crippen molar-refractivity contribution in [2.75, 3.05) is 6.54 Å². The number of aromatic nitrogens is 2. The molecular formula is C16H25N3S. The second-order valence-electron chi connectivity index (χ2n) is 5.30. The minimum Gasteiger partial charge on any atom is -0.309 e. The topological polar surface area (TPSA) is 29.9 Å². The fraction of sp³-hybridized carbons (Fsp3) is 0.562. The van der Waals surface area contributed by atoms with Crippen LogP contribution in [0.4, 0.5) is 0 Å². The largest absolute Gasteiger partial charge is 0.309 e. The van der Waals surface area contributed by atoms with E-state index in [1.165, 1.54) is 21.0 Å². The Kier molecular flexibility index (Phi) is 5.00. The maximum absolute atomic E-state index is 4.55. The molecule has 3 nitrogen and oxygen atoms in total. The number of likely N-dealkylation sites (N-methyl/N-ethyl adjacent to an activating group) is 1. The summed E-state index contributed by atoms with van der Waals surface area (Å²) in [6, 6.07) is 4.92. The molecule has 0 saturated heterocycles. The zero-order valence-electron chi connectivity index (χ0n) is 13.2. The van der Waals surface area contributed by atoms with Crippen LogP contribution in [-0.4, -0.2) is 16.3 Å². The van der Waals surface area contributed by atoms with Gasteiger partial charge in [-0.1, -0.05) is 6.92 Å². The summed E-state index contributed by atoms with van der Waals surface area (Å²) in [6.45, 7) is 12.7. The van der Waals surface area contributed by atoms with Crippen molar-refractivity contribution in [1.29, 1.82) is 0 Å². The minimum absolute atomic E-state index is 0.388.